The Bertz CT molecular complexity index is 2450. The SMILES string of the molecule is N#Cc1ccc(N2CCc3c(ncnc3Nc3ccc(C(=O)NCCCCCCN4CCN(c5ccc6c(c5)C(=O)N(C5CCC(=O)NC5=O)C6=O)CC4)c(F)n3)C2)cc1Cl. The lowest BCUT2D eigenvalue weighted by molar-refractivity contribution is -0.136. The zero-order valence-corrected chi connectivity index (χ0v) is 34.0. The average molecular weight is 848 g/mol. The molecule has 0 radical (unpaired) electrons. The third-order valence-corrected chi connectivity index (χ3v) is 11.9. The van der Waals surface area contributed by atoms with Crippen molar-refractivity contribution in [1.82, 2.24) is 35.4 Å². The van der Waals surface area contributed by atoms with Crippen LogP contribution in [0.25, 0.3) is 0 Å². The fourth-order valence-electron chi connectivity index (χ4n) is 8.26. The van der Waals surface area contributed by atoms with Gasteiger partial charge in [-0.3, -0.25) is 39.1 Å². The summed E-state index contributed by atoms with van der Waals surface area (Å²) in [5, 5.41) is 17.7. The third-order valence-electron chi connectivity index (χ3n) is 11.6. The molecular weight excluding hydrogens is 805 g/mol. The van der Waals surface area contributed by atoms with E-state index in [0.29, 0.717) is 42.5 Å². The van der Waals surface area contributed by atoms with Gasteiger partial charge >= 0.3 is 0 Å². The fourth-order valence-corrected chi connectivity index (χ4v) is 8.48. The molecule has 2 fully saturated rings. The molecule has 61 heavy (non-hydrogen) atoms. The lowest BCUT2D eigenvalue weighted by Gasteiger charge is -2.36. The zero-order chi connectivity index (χ0) is 42.6. The summed E-state index contributed by atoms with van der Waals surface area (Å²) < 4.78 is 15.1. The van der Waals surface area contributed by atoms with Gasteiger partial charge in [0, 0.05) is 62.6 Å². The first-order valence-corrected chi connectivity index (χ1v) is 20.8. The maximum Gasteiger partial charge on any atom is 0.262 e. The third kappa shape index (κ3) is 8.86. The maximum atomic E-state index is 15.1. The Balaban J connectivity index is 0.734. The zero-order valence-electron chi connectivity index (χ0n) is 33.3. The number of carbonyl (C=O) groups is 5. The number of aromatic nitrogens is 3. The van der Waals surface area contributed by atoms with Crippen molar-refractivity contribution in [2.75, 3.05) is 60.9 Å². The van der Waals surface area contributed by atoms with Crippen molar-refractivity contribution < 1.29 is 28.4 Å². The number of imide groups is 2. The van der Waals surface area contributed by atoms with E-state index in [9.17, 15) is 29.2 Å². The quantitative estimate of drug-likeness (QED) is 0.0977. The van der Waals surface area contributed by atoms with Gasteiger partial charge in [-0.1, -0.05) is 24.4 Å². The summed E-state index contributed by atoms with van der Waals surface area (Å²) in [5.41, 5.74) is 4.23. The summed E-state index contributed by atoms with van der Waals surface area (Å²) >= 11 is 6.26. The topological polar surface area (TPSA) is 197 Å². The number of hydrogen-bond acceptors (Lipinski definition) is 13. The normalized spacial score (nSPS) is 17.8. The summed E-state index contributed by atoms with van der Waals surface area (Å²) in [6.07, 6.45) is 5.87. The van der Waals surface area contributed by atoms with E-state index in [0.717, 1.165) is 85.9 Å². The number of unbranched alkanes of at least 4 members (excludes halogenated alkanes) is 3. The van der Waals surface area contributed by atoms with E-state index >= 15 is 4.39 Å². The Morgan fingerprint density at radius 1 is 0.885 bits per heavy atom. The average Bonchev–Trinajstić information content (AvgIpc) is 3.51. The van der Waals surface area contributed by atoms with Gasteiger partial charge in [-0.05, 0) is 80.8 Å². The van der Waals surface area contributed by atoms with Crippen LogP contribution in [-0.2, 0) is 22.6 Å². The molecule has 0 spiro atoms. The molecule has 1 unspecified atom stereocenters. The molecule has 16 nitrogen and oxygen atoms in total. The standard InChI is InChI=1S/C43H43ClFN11O5/c44-33-22-28(6-5-26(33)23-46)55-16-13-30-34(24-55)48-25-49-39(30)51-36-11-9-31(38(45)50-36)40(58)47-14-3-1-2-4-15-53-17-19-54(20-18-53)27-7-8-29-32(21-27)43(61)56(42(29)60)35-10-12-37(57)52-41(35)59/h5-9,11,21-22,25,35H,1-4,10,12-20,24H2,(H,47,58)(H,52,57,59)(H,48,49,50,51). The highest BCUT2D eigenvalue weighted by atomic mass is 35.5. The van der Waals surface area contributed by atoms with E-state index in [4.69, 9.17) is 11.6 Å². The van der Waals surface area contributed by atoms with E-state index in [1.165, 1.54) is 12.4 Å². The number of pyridine rings is 1. The Morgan fingerprint density at radius 3 is 2.43 bits per heavy atom. The molecule has 4 aliphatic rings. The number of rotatable bonds is 13. The number of nitriles is 1. The van der Waals surface area contributed by atoms with Gasteiger partial charge in [0.2, 0.25) is 17.8 Å². The molecule has 6 heterocycles. The molecule has 0 bridgehead atoms. The molecule has 4 aliphatic heterocycles. The van der Waals surface area contributed by atoms with Gasteiger partial charge in [-0.15, -0.1) is 0 Å². The number of halogens is 2. The molecular formula is C43H43ClFN11O5. The number of piperidine rings is 1. The highest BCUT2D eigenvalue weighted by molar-refractivity contribution is 6.32. The predicted octanol–water partition coefficient (Wildman–Crippen LogP) is 4.36. The molecule has 5 amide bonds. The Labute approximate surface area is 356 Å². The Morgan fingerprint density at radius 2 is 1.66 bits per heavy atom. The Hall–Kier alpha value is -6.51. The summed E-state index contributed by atoms with van der Waals surface area (Å²) in [7, 11) is 0. The van der Waals surface area contributed by atoms with E-state index in [-0.39, 0.29) is 35.3 Å². The maximum absolute atomic E-state index is 15.1. The molecule has 314 valence electrons. The molecule has 2 aromatic heterocycles. The van der Waals surface area contributed by atoms with Gasteiger partial charge in [0.1, 0.15) is 30.1 Å². The van der Waals surface area contributed by atoms with Gasteiger partial charge < -0.3 is 20.4 Å². The van der Waals surface area contributed by atoms with Crippen molar-refractivity contribution in [2.24, 2.45) is 0 Å². The number of carbonyl (C=O) groups excluding carboxylic acids is 5. The van der Waals surface area contributed by atoms with Crippen molar-refractivity contribution in [3.8, 4) is 6.07 Å². The highest BCUT2D eigenvalue weighted by Crippen LogP contribution is 2.32. The highest BCUT2D eigenvalue weighted by Gasteiger charge is 2.45. The first-order chi connectivity index (χ1) is 29.6. The van der Waals surface area contributed by atoms with Gasteiger partial charge in [-0.25, -0.2) is 15.0 Å². The summed E-state index contributed by atoms with van der Waals surface area (Å²) in [6, 6.07) is 14.6. The van der Waals surface area contributed by atoms with Crippen LogP contribution in [0.5, 0.6) is 0 Å². The summed E-state index contributed by atoms with van der Waals surface area (Å²) in [4.78, 5) is 83.6. The molecule has 4 aromatic rings. The number of benzene rings is 2. The number of nitrogens with zero attached hydrogens (tertiary/aromatic N) is 8. The summed E-state index contributed by atoms with van der Waals surface area (Å²) in [6.45, 7) is 5.69. The minimum absolute atomic E-state index is 0.0748. The molecule has 3 N–H and O–H groups in total. The number of anilines is 4. The molecule has 1 atom stereocenters. The van der Waals surface area contributed by atoms with Crippen LogP contribution in [0.15, 0.2) is 54.9 Å². The fraction of sp³-hybridized carbons (Fsp3) is 0.372. The Kier molecular flexibility index (Phi) is 12.2. The molecule has 2 aromatic carbocycles. The van der Waals surface area contributed by atoms with Gasteiger partial charge in [-0.2, -0.15) is 9.65 Å². The van der Waals surface area contributed by atoms with Crippen LogP contribution in [0.4, 0.5) is 27.4 Å². The predicted molar refractivity (Wildman–Crippen MR) is 223 cm³/mol. The van der Waals surface area contributed by atoms with Crippen LogP contribution in [0, 0.1) is 17.3 Å². The van der Waals surface area contributed by atoms with Crippen LogP contribution in [0.3, 0.4) is 0 Å². The first kappa shape index (κ1) is 41.2. The number of hydrogen-bond donors (Lipinski definition) is 3. The van der Waals surface area contributed by atoms with Crippen LogP contribution >= 0.6 is 11.6 Å². The lowest BCUT2D eigenvalue weighted by Crippen LogP contribution is -2.54. The summed E-state index contributed by atoms with van der Waals surface area (Å²) in [5.74, 6) is -2.73. The smallest absolute Gasteiger partial charge is 0.262 e. The number of nitrogens with one attached hydrogen (secondary N) is 3. The van der Waals surface area contributed by atoms with E-state index < -0.39 is 41.5 Å². The van der Waals surface area contributed by atoms with Crippen LogP contribution in [0.2, 0.25) is 5.02 Å². The van der Waals surface area contributed by atoms with Crippen LogP contribution in [-0.4, -0.2) is 106 Å². The van der Waals surface area contributed by atoms with E-state index in [1.54, 1.807) is 30.3 Å². The molecule has 0 aliphatic carbocycles. The monoisotopic (exact) mass is 847 g/mol. The van der Waals surface area contributed by atoms with Gasteiger partial charge in [0.25, 0.3) is 17.7 Å². The molecule has 18 heteroatoms. The minimum atomic E-state index is -0.992. The van der Waals surface area contributed by atoms with Crippen molar-refractivity contribution in [2.45, 2.75) is 57.5 Å². The minimum Gasteiger partial charge on any atom is -0.369 e. The van der Waals surface area contributed by atoms with Gasteiger partial charge in [0.05, 0.1) is 39.5 Å². The van der Waals surface area contributed by atoms with Gasteiger partial charge in [0.15, 0.2) is 0 Å². The van der Waals surface area contributed by atoms with E-state index in [1.807, 2.05) is 12.1 Å². The first-order valence-electron chi connectivity index (χ1n) is 20.4. The second-order valence-corrected chi connectivity index (χ2v) is 15.8. The second kappa shape index (κ2) is 18.0. The largest absolute Gasteiger partial charge is 0.369 e. The molecule has 2 saturated heterocycles. The molecule has 0 saturated carbocycles. The van der Waals surface area contributed by atoms with Crippen molar-refractivity contribution in [3.05, 3.63) is 99.3 Å². The molecule has 8 rings (SSSR count). The van der Waals surface area contributed by atoms with Crippen molar-refractivity contribution in [1.29, 1.82) is 5.26 Å². The lowest BCUT2D eigenvalue weighted by atomic mass is 10.0. The second-order valence-electron chi connectivity index (χ2n) is 15.4. The number of piperazine rings is 1. The van der Waals surface area contributed by atoms with Crippen molar-refractivity contribution in [3.63, 3.8) is 0 Å². The van der Waals surface area contributed by atoms with E-state index in [2.05, 4.69) is 51.7 Å². The number of amides is 5. The number of fused-ring (bicyclic) bond motifs is 2. The van der Waals surface area contributed by atoms with Crippen molar-refractivity contribution >= 4 is 64.1 Å². The van der Waals surface area contributed by atoms with Crippen LogP contribution < -0.4 is 25.8 Å². The van der Waals surface area contributed by atoms with Crippen LogP contribution in [0.1, 0.15) is 86.4 Å².